The van der Waals surface area contributed by atoms with Crippen LogP contribution in [-0.4, -0.2) is 11.7 Å². The highest BCUT2D eigenvalue weighted by Crippen LogP contribution is 2.22. The summed E-state index contributed by atoms with van der Waals surface area (Å²) in [5, 5.41) is 4.65. The highest BCUT2D eigenvalue weighted by molar-refractivity contribution is 14.1. The SMILES string of the molecule is CC(=O)c1ccccc1NC(=O)c1ccsc1I. The lowest BCUT2D eigenvalue weighted by atomic mass is 10.1. The topological polar surface area (TPSA) is 46.2 Å². The van der Waals surface area contributed by atoms with E-state index in [1.807, 2.05) is 5.38 Å². The molecule has 0 aliphatic rings. The van der Waals surface area contributed by atoms with E-state index in [0.717, 1.165) is 2.88 Å². The van der Waals surface area contributed by atoms with Crippen LogP contribution in [0.25, 0.3) is 0 Å². The molecule has 1 N–H and O–H groups in total. The predicted molar refractivity (Wildman–Crippen MR) is 81.4 cm³/mol. The van der Waals surface area contributed by atoms with Crippen LogP contribution >= 0.6 is 33.9 Å². The minimum absolute atomic E-state index is 0.0640. The molecule has 1 aromatic heterocycles. The van der Waals surface area contributed by atoms with Crippen LogP contribution in [0.1, 0.15) is 27.6 Å². The average Bonchev–Trinajstić information content (AvgIpc) is 2.76. The smallest absolute Gasteiger partial charge is 0.257 e. The van der Waals surface area contributed by atoms with Crippen molar-refractivity contribution in [2.24, 2.45) is 0 Å². The number of thiophene rings is 1. The molecule has 0 saturated carbocycles. The van der Waals surface area contributed by atoms with Crippen molar-refractivity contribution in [3.63, 3.8) is 0 Å². The second-order valence-electron chi connectivity index (χ2n) is 3.66. The minimum atomic E-state index is -0.186. The number of anilines is 1. The monoisotopic (exact) mass is 371 g/mol. The molecule has 2 rings (SSSR count). The van der Waals surface area contributed by atoms with Gasteiger partial charge >= 0.3 is 0 Å². The van der Waals surface area contributed by atoms with Crippen LogP contribution in [0.3, 0.4) is 0 Å². The van der Waals surface area contributed by atoms with Gasteiger partial charge in [0, 0.05) is 5.56 Å². The molecule has 3 nitrogen and oxygen atoms in total. The van der Waals surface area contributed by atoms with Gasteiger partial charge in [0.1, 0.15) is 0 Å². The maximum Gasteiger partial charge on any atom is 0.257 e. The van der Waals surface area contributed by atoms with E-state index >= 15 is 0 Å². The van der Waals surface area contributed by atoms with E-state index in [2.05, 4.69) is 27.9 Å². The van der Waals surface area contributed by atoms with Crippen LogP contribution in [0.5, 0.6) is 0 Å². The number of halogens is 1. The molecule has 1 amide bonds. The molecular weight excluding hydrogens is 361 g/mol. The lowest BCUT2D eigenvalue weighted by Gasteiger charge is -2.08. The molecule has 18 heavy (non-hydrogen) atoms. The zero-order valence-electron chi connectivity index (χ0n) is 9.57. The van der Waals surface area contributed by atoms with Gasteiger partial charge in [-0.15, -0.1) is 11.3 Å². The summed E-state index contributed by atoms with van der Waals surface area (Å²) < 4.78 is 0.936. The maximum absolute atomic E-state index is 12.1. The number of hydrogen-bond donors (Lipinski definition) is 1. The lowest BCUT2D eigenvalue weighted by Crippen LogP contribution is -2.14. The number of carbonyl (C=O) groups is 2. The molecule has 92 valence electrons. The molecule has 1 heterocycles. The third-order valence-electron chi connectivity index (χ3n) is 2.42. The first-order chi connectivity index (χ1) is 8.59. The molecule has 0 spiro atoms. The molecule has 5 heteroatoms. The van der Waals surface area contributed by atoms with E-state index in [1.165, 1.54) is 18.3 Å². The van der Waals surface area contributed by atoms with Gasteiger partial charge in [0.25, 0.3) is 5.91 Å². The summed E-state index contributed by atoms with van der Waals surface area (Å²) in [7, 11) is 0. The molecule has 0 atom stereocenters. The van der Waals surface area contributed by atoms with Gasteiger partial charge in [-0.25, -0.2) is 0 Å². The number of para-hydroxylation sites is 1. The highest BCUT2D eigenvalue weighted by atomic mass is 127. The first kappa shape index (κ1) is 13.2. The molecular formula is C13H10INO2S. The van der Waals surface area contributed by atoms with E-state index in [4.69, 9.17) is 0 Å². The summed E-state index contributed by atoms with van der Waals surface area (Å²) in [5.74, 6) is -0.250. The zero-order chi connectivity index (χ0) is 13.1. The molecule has 0 saturated heterocycles. The van der Waals surface area contributed by atoms with E-state index in [1.54, 1.807) is 30.3 Å². The van der Waals surface area contributed by atoms with Crippen molar-refractivity contribution in [1.82, 2.24) is 0 Å². The Balaban J connectivity index is 2.28. The number of hydrogen-bond acceptors (Lipinski definition) is 3. The van der Waals surface area contributed by atoms with Crippen molar-refractivity contribution >= 4 is 51.3 Å². The van der Waals surface area contributed by atoms with E-state index in [9.17, 15) is 9.59 Å². The Hall–Kier alpha value is -1.21. The van der Waals surface area contributed by atoms with Crippen molar-refractivity contribution in [2.45, 2.75) is 6.92 Å². The molecule has 0 aliphatic carbocycles. The molecule has 0 radical (unpaired) electrons. The van der Waals surface area contributed by atoms with Gasteiger partial charge in [-0.1, -0.05) is 12.1 Å². The molecule has 0 aliphatic heterocycles. The van der Waals surface area contributed by atoms with Gasteiger partial charge in [-0.2, -0.15) is 0 Å². The van der Waals surface area contributed by atoms with Crippen molar-refractivity contribution in [3.05, 3.63) is 49.7 Å². The van der Waals surface area contributed by atoms with Crippen molar-refractivity contribution in [3.8, 4) is 0 Å². The Morgan fingerprint density at radius 2 is 1.89 bits per heavy atom. The number of Topliss-reactive ketones (excluding diaryl/α,β-unsaturated/α-hetero) is 1. The second-order valence-corrected chi connectivity index (χ2v) is 6.39. The summed E-state index contributed by atoms with van der Waals surface area (Å²) in [4.78, 5) is 23.5. The van der Waals surface area contributed by atoms with Gasteiger partial charge in [0.15, 0.2) is 5.78 Å². The van der Waals surface area contributed by atoms with Crippen LogP contribution < -0.4 is 5.32 Å². The van der Waals surface area contributed by atoms with Crippen molar-refractivity contribution in [1.29, 1.82) is 0 Å². The van der Waals surface area contributed by atoms with Crippen LogP contribution in [-0.2, 0) is 0 Å². The Bertz CT molecular complexity index is 607. The van der Waals surface area contributed by atoms with Crippen molar-refractivity contribution in [2.75, 3.05) is 5.32 Å². The largest absolute Gasteiger partial charge is 0.321 e. The third-order valence-corrected chi connectivity index (χ3v) is 4.46. The maximum atomic E-state index is 12.1. The molecule has 0 bridgehead atoms. The normalized spacial score (nSPS) is 10.1. The Morgan fingerprint density at radius 1 is 1.17 bits per heavy atom. The Kier molecular flexibility index (Phi) is 4.13. The van der Waals surface area contributed by atoms with Crippen LogP contribution in [0.15, 0.2) is 35.7 Å². The second kappa shape index (κ2) is 5.62. The fourth-order valence-corrected chi connectivity index (χ4v) is 3.02. The van der Waals surface area contributed by atoms with Crippen LogP contribution in [0.2, 0.25) is 0 Å². The van der Waals surface area contributed by atoms with Crippen LogP contribution in [0.4, 0.5) is 5.69 Å². The molecule has 1 aromatic carbocycles. The Labute approximate surface area is 122 Å². The standard InChI is InChI=1S/C13H10INO2S/c1-8(16)9-4-2-3-5-11(9)15-13(17)10-6-7-18-12(10)14/h2-7H,1H3,(H,15,17). The summed E-state index contributed by atoms with van der Waals surface area (Å²) in [6.45, 7) is 1.49. The van der Waals surface area contributed by atoms with E-state index < -0.39 is 0 Å². The molecule has 0 fully saturated rings. The van der Waals surface area contributed by atoms with Gasteiger partial charge in [0.05, 0.1) is 14.1 Å². The first-order valence-corrected chi connectivity index (χ1v) is 7.19. The van der Waals surface area contributed by atoms with Gasteiger partial charge < -0.3 is 5.32 Å². The third kappa shape index (κ3) is 2.78. The van der Waals surface area contributed by atoms with E-state index in [0.29, 0.717) is 16.8 Å². The number of benzene rings is 1. The summed E-state index contributed by atoms with van der Waals surface area (Å²) in [6.07, 6.45) is 0. The fraction of sp³-hybridized carbons (Fsp3) is 0.0769. The first-order valence-electron chi connectivity index (χ1n) is 5.24. The lowest BCUT2D eigenvalue weighted by molar-refractivity contribution is 0.101. The summed E-state index contributed by atoms with van der Waals surface area (Å²) in [6, 6.07) is 8.78. The number of rotatable bonds is 3. The molecule has 2 aromatic rings. The fourth-order valence-electron chi connectivity index (χ4n) is 1.54. The minimum Gasteiger partial charge on any atom is -0.321 e. The quantitative estimate of drug-likeness (QED) is 0.659. The van der Waals surface area contributed by atoms with Crippen LogP contribution in [0, 0.1) is 2.88 Å². The van der Waals surface area contributed by atoms with E-state index in [-0.39, 0.29) is 11.7 Å². The number of amides is 1. The number of carbonyl (C=O) groups excluding carboxylic acids is 2. The average molecular weight is 371 g/mol. The molecule has 0 unspecified atom stereocenters. The predicted octanol–water partition coefficient (Wildman–Crippen LogP) is 3.81. The van der Waals surface area contributed by atoms with Gasteiger partial charge in [-0.05, 0) is 53.1 Å². The number of nitrogens with one attached hydrogen (secondary N) is 1. The van der Waals surface area contributed by atoms with Gasteiger partial charge in [-0.3, -0.25) is 9.59 Å². The summed E-state index contributed by atoms with van der Waals surface area (Å²) >= 11 is 3.64. The summed E-state index contributed by atoms with van der Waals surface area (Å²) in [5.41, 5.74) is 1.71. The Morgan fingerprint density at radius 3 is 2.50 bits per heavy atom. The zero-order valence-corrected chi connectivity index (χ0v) is 12.5. The van der Waals surface area contributed by atoms with Gasteiger partial charge in [0.2, 0.25) is 0 Å². The number of ketones is 1. The van der Waals surface area contributed by atoms with Crippen molar-refractivity contribution < 1.29 is 9.59 Å². The highest BCUT2D eigenvalue weighted by Gasteiger charge is 2.14.